The van der Waals surface area contributed by atoms with Gasteiger partial charge in [0.15, 0.2) is 0 Å². The van der Waals surface area contributed by atoms with E-state index in [9.17, 15) is 4.79 Å². The van der Waals surface area contributed by atoms with Crippen molar-refractivity contribution in [3.05, 3.63) is 42.5 Å². The number of para-hydroxylation sites is 1. The van der Waals surface area contributed by atoms with Crippen LogP contribution in [0.1, 0.15) is 38.5 Å². The highest BCUT2D eigenvalue weighted by molar-refractivity contribution is 6.06. The molecule has 4 nitrogen and oxygen atoms in total. The maximum atomic E-state index is 12.8. The number of furan rings is 1. The van der Waals surface area contributed by atoms with Crippen LogP contribution < -0.4 is 10.6 Å². The topological polar surface area (TPSA) is 54.3 Å². The third kappa shape index (κ3) is 2.53. The molecule has 27 heavy (non-hydrogen) atoms. The predicted molar refractivity (Wildman–Crippen MR) is 107 cm³/mol. The number of carbonyl (C=O) groups excluding carboxylic acids is 1. The summed E-state index contributed by atoms with van der Waals surface area (Å²) in [6.45, 7) is 0. The Bertz CT molecular complexity index is 1020. The molecule has 0 unspecified atom stereocenters. The lowest BCUT2D eigenvalue weighted by Gasteiger charge is -2.56. The number of hydrogen-bond donors (Lipinski definition) is 2. The van der Waals surface area contributed by atoms with Gasteiger partial charge in [-0.15, -0.1) is 0 Å². The van der Waals surface area contributed by atoms with Crippen LogP contribution in [-0.4, -0.2) is 11.6 Å². The predicted octanol–water partition coefficient (Wildman–Crippen LogP) is 5.68. The zero-order valence-corrected chi connectivity index (χ0v) is 15.3. The van der Waals surface area contributed by atoms with E-state index in [1.54, 1.807) is 0 Å². The molecule has 0 spiro atoms. The van der Waals surface area contributed by atoms with Crippen LogP contribution in [0.2, 0.25) is 0 Å². The molecule has 4 saturated carbocycles. The molecule has 0 atom stereocenters. The minimum atomic E-state index is -0.0765. The monoisotopic (exact) mass is 360 g/mol. The highest BCUT2D eigenvalue weighted by atomic mass is 16.3. The molecule has 3 aromatic rings. The average Bonchev–Trinajstić information content (AvgIpc) is 2.97. The van der Waals surface area contributed by atoms with E-state index in [-0.39, 0.29) is 11.6 Å². The summed E-state index contributed by atoms with van der Waals surface area (Å²) in [6.07, 6.45) is 7.63. The number of rotatable bonds is 2. The van der Waals surface area contributed by atoms with Crippen LogP contribution in [0.4, 0.5) is 10.5 Å². The third-order valence-corrected chi connectivity index (χ3v) is 7.05. The second-order valence-electron chi connectivity index (χ2n) is 9.09. The quantitative estimate of drug-likeness (QED) is 0.618. The van der Waals surface area contributed by atoms with Crippen molar-refractivity contribution in [1.82, 2.24) is 5.32 Å². The first-order valence-corrected chi connectivity index (χ1v) is 10.2. The highest BCUT2D eigenvalue weighted by Gasteiger charge is 2.51. The fourth-order valence-corrected chi connectivity index (χ4v) is 6.47. The number of hydrogen-bond acceptors (Lipinski definition) is 2. The molecule has 2 amide bonds. The highest BCUT2D eigenvalue weighted by Crippen LogP contribution is 2.55. The number of nitrogens with one attached hydrogen (secondary N) is 2. The van der Waals surface area contributed by atoms with E-state index >= 15 is 0 Å². The lowest BCUT2D eigenvalue weighted by Crippen LogP contribution is -2.60. The van der Waals surface area contributed by atoms with Gasteiger partial charge in [0.25, 0.3) is 0 Å². The summed E-state index contributed by atoms with van der Waals surface area (Å²) in [5, 5.41) is 8.60. The summed E-state index contributed by atoms with van der Waals surface area (Å²) in [5.41, 5.74) is 2.50. The zero-order valence-electron chi connectivity index (χ0n) is 15.3. The van der Waals surface area contributed by atoms with Crippen LogP contribution in [0.3, 0.4) is 0 Å². The second-order valence-corrected chi connectivity index (χ2v) is 9.09. The van der Waals surface area contributed by atoms with E-state index < -0.39 is 0 Å². The van der Waals surface area contributed by atoms with Gasteiger partial charge in [-0.25, -0.2) is 4.79 Å². The summed E-state index contributed by atoms with van der Waals surface area (Å²) in [5.74, 6) is 2.47. The van der Waals surface area contributed by atoms with Crippen molar-refractivity contribution >= 4 is 33.7 Å². The number of benzene rings is 2. The Hall–Kier alpha value is -2.49. The Balaban J connectivity index is 1.23. The van der Waals surface area contributed by atoms with Crippen molar-refractivity contribution in [1.29, 1.82) is 0 Å². The van der Waals surface area contributed by atoms with E-state index in [4.69, 9.17) is 4.42 Å². The summed E-state index contributed by atoms with van der Waals surface area (Å²) in [7, 11) is 0. The van der Waals surface area contributed by atoms with Gasteiger partial charge < -0.3 is 15.1 Å². The van der Waals surface area contributed by atoms with E-state index in [0.717, 1.165) is 64.6 Å². The smallest absolute Gasteiger partial charge is 0.319 e. The van der Waals surface area contributed by atoms with Gasteiger partial charge in [-0.05, 0) is 74.5 Å². The number of fused-ring (bicyclic) bond motifs is 3. The van der Waals surface area contributed by atoms with Gasteiger partial charge in [0.2, 0.25) is 0 Å². The summed E-state index contributed by atoms with van der Waals surface area (Å²) < 4.78 is 5.94. The van der Waals surface area contributed by atoms with E-state index in [1.807, 2.05) is 36.4 Å². The summed E-state index contributed by atoms with van der Waals surface area (Å²) in [4.78, 5) is 12.8. The average molecular weight is 360 g/mol. The first-order chi connectivity index (χ1) is 13.2. The molecule has 4 bridgehead atoms. The fraction of sp³-hybridized carbons (Fsp3) is 0.435. The van der Waals surface area contributed by atoms with Gasteiger partial charge in [-0.3, -0.25) is 0 Å². The van der Waals surface area contributed by atoms with Crippen molar-refractivity contribution in [2.24, 2.45) is 17.8 Å². The van der Waals surface area contributed by atoms with Crippen molar-refractivity contribution in [3.8, 4) is 0 Å². The van der Waals surface area contributed by atoms with Crippen molar-refractivity contribution in [2.45, 2.75) is 44.1 Å². The van der Waals surface area contributed by atoms with Gasteiger partial charge >= 0.3 is 6.03 Å². The molecule has 0 saturated heterocycles. The van der Waals surface area contributed by atoms with E-state index in [1.165, 1.54) is 19.3 Å². The molecule has 1 aromatic heterocycles. The van der Waals surface area contributed by atoms with Gasteiger partial charge in [-0.2, -0.15) is 0 Å². The first-order valence-electron chi connectivity index (χ1n) is 10.2. The lowest BCUT2D eigenvalue weighted by atomic mass is 9.53. The number of carbonyl (C=O) groups is 1. The van der Waals surface area contributed by atoms with Gasteiger partial charge in [0, 0.05) is 28.1 Å². The molecule has 7 rings (SSSR count). The molecule has 2 aromatic carbocycles. The molecule has 0 aliphatic heterocycles. The first kappa shape index (κ1) is 15.6. The SMILES string of the molecule is O=C(Nc1ccc2c(c1)oc1ccccc12)NC12CC3CC(CC(C3)C1)C2. The standard InChI is InChI=1S/C23H24N2O2/c26-22(25-23-11-14-7-15(12-23)9-16(8-14)13-23)24-17-5-6-19-18-3-1-2-4-20(18)27-21(19)10-17/h1-6,10,14-16H,7-9,11-13H2,(H2,24,25,26). The van der Waals surface area contributed by atoms with Crippen LogP contribution in [0, 0.1) is 17.8 Å². The Kier molecular flexibility index (Phi) is 3.17. The van der Waals surface area contributed by atoms with Crippen molar-refractivity contribution in [2.75, 3.05) is 5.32 Å². The van der Waals surface area contributed by atoms with Gasteiger partial charge in [-0.1, -0.05) is 18.2 Å². The van der Waals surface area contributed by atoms with Crippen molar-refractivity contribution in [3.63, 3.8) is 0 Å². The molecule has 2 N–H and O–H groups in total. The second kappa shape index (κ2) is 5.51. The minimum absolute atomic E-state index is 0.0301. The molecular formula is C23H24N2O2. The minimum Gasteiger partial charge on any atom is -0.456 e. The molecule has 138 valence electrons. The van der Waals surface area contributed by atoms with E-state index in [0.29, 0.717) is 0 Å². The number of amides is 2. The maximum absolute atomic E-state index is 12.8. The van der Waals surface area contributed by atoms with Gasteiger partial charge in [0.1, 0.15) is 11.2 Å². The molecule has 4 heteroatoms. The molecular weight excluding hydrogens is 336 g/mol. The number of anilines is 1. The third-order valence-electron chi connectivity index (χ3n) is 7.05. The molecule has 4 fully saturated rings. The Morgan fingerprint density at radius 3 is 2.30 bits per heavy atom. The zero-order chi connectivity index (χ0) is 18.0. The number of urea groups is 1. The molecule has 4 aliphatic rings. The lowest BCUT2D eigenvalue weighted by molar-refractivity contribution is -0.0127. The van der Waals surface area contributed by atoms with Crippen molar-refractivity contribution < 1.29 is 9.21 Å². The maximum Gasteiger partial charge on any atom is 0.319 e. The van der Waals surface area contributed by atoms with Crippen LogP contribution in [-0.2, 0) is 0 Å². The molecule has 1 heterocycles. The van der Waals surface area contributed by atoms with Crippen LogP contribution in [0.25, 0.3) is 21.9 Å². The Morgan fingerprint density at radius 2 is 1.56 bits per heavy atom. The van der Waals surface area contributed by atoms with Crippen LogP contribution in [0.15, 0.2) is 46.9 Å². The van der Waals surface area contributed by atoms with Gasteiger partial charge in [0.05, 0.1) is 0 Å². The van der Waals surface area contributed by atoms with E-state index in [2.05, 4.69) is 16.7 Å². The summed E-state index contributed by atoms with van der Waals surface area (Å²) in [6, 6.07) is 13.9. The van der Waals surface area contributed by atoms with Crippen LogP contribution >= 0.6 is 0 Å². The summed E-state index contributed by atoms with van der Waals surface area (Å²) >= 11 is 0. The Morgan fingerprint density at radius 1 is 0.889 bits per heavy atom. The largest absolute Gasteiger partial charge is 0.456 e. The molecule has 0 radical (unpaired) electrons. The van der Waals surface area contributed by atoms with Crippen LogP contribution in [0.5, 0.6) is 0 Å². The molecule has 4 aliphatic carbocycles. The fourth-order valence-electron chi connectivity index (χ4n) is 6.47. The normalized spacial score (nSPS) is 31.5. The Labute approximate surface area is 158 Å².